The van der Waals surface area contributed by atoms with Crippen LogP contribution in [0.25, 0.3) is 0 Å². The van der Waals surface area contributed by atoms with Crippen molar-refractivity contribution in [2.24, 2.45) is 0 Å². The van der Waals surface area contributed by atoms with Gasteiger partial charge in [-0.15, -0.1) is 11.3 Å². The Morgan fingerprint density at radius 1 is 1.52 bits per heavy atom. The number of amides is 1. The molecule has 0 atom stereocenters. The van der Waals surface area contributed by atoms with Crippen LogP contribution in [0, 0.1) is 18.8 Å². The zero-order valence-corrected chi connectivity index (χ0v) is 12.0. The van der Waals surface area contributed by atoms with Gasteiger partial charge in [-0.05, 0) is 18.6 Å². The van der Waals surface area contributed by atoms with Gasteiger partial charge in [-0.2, -0.15) is 13.2 Å². The lowest BCUT2D eigenvalue weighted by molar-refractivity contribution is -0.173. The molecule has 0 bridgehead atoms. The monoisotopic (exact) mass is 321 g/mol. The molecule has 0 unspecified atom stereocenters. The summed E-state index contributed by atoms with van der Waals surface area (Å²) in [7, 11) is 0. The lowest BCUT2D eigenvalue weighted by atomic mass is 10.2. The van der Waals surface area contributed by atoms with Crippen LogP contribution in [0.15, 0.2) is 6.07 Å². The average molecular weight is 321 g/mol. The Morgan fingerprint density at radius 3 is 2.86 bits per heavy atom. The topological polar surface area (TPSA) is 58.6 Å². The fourth-order valence-electron chi connectivity index (χ4n) is 1.35. The zero-order chi connectivity index (χ0) is 15.9. The van der Waals surface area contributed by atoms with E-state index >= 15 is 0 Å². The van der Waals surface area contributed by atoms with E-state index in [-0.39, 0.29) is 19.8 Å². The smallest absolute Gasteiger partial charge is 0.384 e. The third-order valence-electron chi connectivity index (χ3n) is 2.22. The van der Waals surface area contributed by atoms with E-state index < -0.39 is 18.7 Å². The first-order valence-electron chi connectivity index (χ1n) is 5.96. The number of hydrogen-bond donors (Lipinski definition) is 2. The summed E-state index contributed by atoms with van der Waals surface area (Å²) < 4.78 is 39.8. The number of ether oxygens (including phenoxy) is 1. The molecular weight excluding hydrogens is 307 g/mol. The Bertz CT molecular complexity index is 543. The minimum atomic E-state index is -4.37. The summed E-state index contributed by atoms with van der Waals surface area (Å²) >= 11 is 1.16. The molecule has 116 valence electrons. The van der Waals surface area contributed by atoms with Crippen molar-refractivity contribution in [2.75, 3.05) is 26.4 Å². The quantitative estimate of drug-likeness (QED) is 0.641. The van der Waals surface area contributed by atoms with Crippen LogP contribution in [0.4, 0.5) is 13.2 Å². The standard InChI is InChI=1S/C13H14F3NO3S/c1-9-7-11(21-10(9)3-2-5-18)12(19)17-4-6-20-8-13(14,15)16/h7,18H,4-6,8H2,1H3,(H,17,19). The third kappa shape index (κ3) is 6.62. The first-order valence-corrected chi connectivity index (χ1v) is 6.78. The van der Waals surface area contributed by atoms with E-state index in [9.17, 15) is 18.0 Å². The summed E-state index contributed by atoms with van der Waals surface area (Å²) in [5, 5.41) is 11.1. The molecule has 0 radical (unpaired) electrons. The van der Waals surface area contributed by atoms with Gasteiger partial charge >= 0.3 is 6.18 Å². The number of aliphatic hydroxyl groups is 1. The van der Waals surface area contributed by atoms with Crippen molar-refractivity contribution >= 4 is 17.2 Å². The van der Waals surface area contributed by atoms with E-state index in [1.165, 1.54) is 0 Å². The summed E-state index contributed by atoms with van der Waals surface area (Å²) in [6, 6.07) is 1.64. The predicted octanol–water partition coefficient (Wildman–Crippen LogP) is 1.71. The molecule has 0 fully saturated rings. The number of carbonyl (C=O) groups excluding carboxylic acids is 1. The maximum absolute atomic E-state index is 11.8. The van der Waals surface area contributed by atoms with E-state index in [4.69, 9.17) is 5.11 Å². The summed E-state index contributed by atoms with van der Waals surface area (Å²) in [6.07, 6.45) is -4.37. The van der Waals surface area contributed by atoms with Crippen LogP contribution in [0.1, 0.15) is 20.1 Å². The number of thiophene rings is 1. The van der Waals surface area contributed by atoms with Gasteiger partial charge in [0.2, 0.25) is 0 Å². The summed E-state index contributed by atoms with van der Waals surface area (Å²) in [4.78, 5) is 12.8. The molecule has 1 amide bonds. The van der Waals surface area contributed by atoms with Gasteiger partial charge in [0.15, 0.2) is 0 Å². The van der Waals surface area contributed by atoms with E-state index in [0.29, 0.717) is 9.75 Å². The largest absolute Gasteiger partial charge is 0.411 e. The minimum absolute atomic E-state index is 0.0104. The molecule has 0 aliphatic rings. The molecule has 0 saturated carbocycles. The first kappa shape index (κ1) is 17.5. The second-order valence-corrected chi connectivity index (χ2v) is 5.06. The van der Waals surface area contributed by atoms with Gasteiger partial charge in [0.1, 0.15) is 13.2 Å². The molecule has 21 heavy (non-hydrogen) atoms. The number of alkyl halides is 3. The van der Waals surface area contributed by atoms with Crippen LogP contribution in [-0.4, -0.2) is 43.6 Å². The van der Waals surface area contributed by atoms with Gasteiger partial charge in [0.05, 0.1) is 16.4 Å². The van der Waals surface area contributed by atoms with Gasteiger partial charge in [-0.1, -0.05) is 11.8 Å². The van der Waals surface area contributed by atoms with Crippen molar-refractivity contribution in [1.82, 2.24) is 5.32 Å². The Hall–Kier alpha value is -1.56. The maximum Gasteiger partial charge on any atom is 0.411 e. The summed E-state index contributed by atoms with van der Waals surface area (Å²) in [5.74, 6) is 4.82. The average Bonchev–Trinajstić information content (AvgIpc) is 2.76. The highest BCUT2D eigenvalue weighted by molar-refractivity contribution is 7.14. The molecule has 1 heterocycles. The lowest BCUT2D eigenvalue weighted by Crippen LogP contribution is -2.28. The number of aryl methyl sites for hydroxylation is 1. The number of hydrogen-bond acceptors (Lipinski definition) is 4. The summed E-state index contributed by atoms with van der Waals surface area (Å²) in [5.41, 5.74) is 0.805. The summed E-state index contributed by atoms with van der Waals surface area (Å²) in [6.45, 7) is -0.0469. The van der Waals surface area contributed by atoms with Gasteiger partial charge in [0.25, 0.3) is 5.91 Å². The van der Waals surface area contributed by atoms with Crippen LogP contribution in [-0.2, 0) is 4.74 Å². The minimum Gasteiger partial charge on any atom is -0.384 e. The van der Waals surface area contributed by atoms with Crippen LogP contribution in [0.2, 0.25) is 0 Å². The molecule has 1 aromatic rings. The number of halogens is 3. The fraction of sp³-hybridized carbons (Fsp3) is 0.462. The molecule has 0 saturated heterocycles. The predicted molar refractivity (Wildman–Crippen MR) is 72.2 cm³/mol. The van der Waals surface area contributed by atoms with E-state index in [1.807, 2.05) is 0 Å². The Morgan fingerprint density at radius 2 is 2.24 bits per heavy atom. The van der Waals surface area contributed by atoms with Crippen molar-refractivity contribution in [1.29, 1.82) is 0 Å². The molecule has 0 aliphatic heterocycles. The first-order chi connectivity index (χ1) is 9.83. The third-order valence-corrected chi connectivity index (χ3v) is 3.37. The number of rotatable bonds is 5. The fourth-order valence-corrected chi connectivity index (χ4v) is 2.31. The van der Waals surface area contributed by atoms with E-state index in [2.05, 4.69) is 21.9 Å². The highest BCUT2D eigenvalue weighted by Gasteiger charge is 2.27. The lowest BCUT2D eigenvalue weighted by Gasteiger charge is -2.07. The molecule has 0 spiro atoms. The van der Waals surface area contributed by atoms with Crippen LogP contribution < -0.4 is 5.32 Å². The molecule has 0 aliphatic carbocycles. The van der Waals surface area contributed by atoms with Gasteiger partial charge < -0.3 is 15.2 Å². The van der Waals surface area contributed by atoms with Crippen molar-refractivity contribution < 1.29 is 27.8 Å². The van der Waals surface area contributed by atoms with Crippen molar-refractivity contribution in [2.45, 2.75) is 13.1 Å². The molecule has 2 N–H and O–H groups in total. The molecule has 0 aromatic carbocycles. The second-order valence-electron chi connectivity index (χ2n) is 4.01. The van der Waals surface area contributed by atoms with Crippen molar-refractivity contribution in [3.8, 4) is 11.8 Å². The van der Waals surface area contributed by atoms with Gasteiger partial charge in [-0.3, -0.25) is 4.79 Å². The highest BCUT2D eigenvalue weighted by Crippen LogP contribution is 2.20. The number of carbonyl (C=O) groups is 1. The van der Waals surface area contributed by atoms with Crippen LogP contribution >= 0.6 is 11.3 Å². The van der Waals surface area contributed by atoms with E-state index in [1.54, 1.807) is 13.0 Å². The Kier molecular flexibility index (Phi) is 6.68. The van der Waals surface area contributed by atoms with Crippen molar-refractivity contribution in [3.05, 3.63) is 21.4 Å². The molecule has 8 heteroatoms. The van der Waals surface area contributed by atoms with Crippen LogP contribution in [0.5, 0.6) is 0 Å². The molecular formula is C13H14F3NO3S. The zero-order valence-electron chi connectivity index (χ0n) is 11.2. The number of aliphatic hydroxyl groups excluding tert-OH is 1. The Labute approximate surface area is 123 Å². The van der Waals surface area contributed by atoms with Crippen molar-refractivity contribution in [3.63, 3.8) is 0 Å². The highest BCUT2D eigenvalue weighted by atomic mass is 32.1. The second kappa shape index (κ2) is 8.02. The number of nitrogens with one attached hydrogen (secondary N) is 1. The SMILES string of the molecule is Cc1cc(C(=O)NCCOCC(F)(F)F)sc1C#CCO. The van der Waals surface area contributed by atoms with E-state index in [0.717, 1.165) is 16.9 Å². The molecule has 4 nitrogen and oxygen atoms in total. The van der Waals surface area contributed by atoms with Gasteiger partial charge in [0, 0.05) is 6.54 Å². The molecule has 1 aromatic heterocycles. The molecule has 1 rings (SSSR count). The Balaban J connectivity index is 2.42. The normalized spacial score (nSPS) is 10.9. The van der Waals surface area contributed by atoms with Gasteiger partial charge in [-0.25, -0.2) is 0 Å². The van der Waals surface area contributed by atoms with Crippen LogP contribution in [0.3, 0.4) is 0 Å². The maximum atomic E-state index is 11.8.